The molecule has 0 amide bonds. The molecule has 1 aliphatic carbocycles. The average molecular weight is 460 g/mol. The number of thiophene rings is 1. The van der Waals surface area contributed by atoms with E-state index in [0.717, 1.165) is 41.0 Å². The summed E-state index contributed by atoms with van der Waals surface area (Å²) in [6.45, 7) is 7.35. The summed E-state index contributed by atoms with van der Waals surface area (Å²) in [7, 11) is 1.63. The third-order valence-corrected chi connectivity index (χ3v) is 7.41. The van der Waals surface area contributed by atoms with Gasteiger partial charge < -0.3 is 9.47 Å². The highest BCUT2D eigenvalue weighted by Gasteiger charge is 2.32. The van der Waals surface area contributed by atoms with Gasteiger partial charge >= 0.3 is 0 Å². The number of aromatic nitrogens is 1. The zero-order chi connectivity index (χ0) is 23.4. The highest BCUT2D eigenvalue weighted by molar-refractivity contribution is 7.16. The van der Waals surface area contributed by atoms with Crippen molar-refractivity contribution in [2.75, 3.05) is 7.11 Å². The molecule has 0 radical (unpaired) electrons. The average Bonchev–Trinajstić information content (AvgIpc) is 3.18. The molecule has 0 N–H and O–H groups in total. The molecule has 6 heteroatoms. The number of hydrogen-bond donors (Lipinski definition) is 0. The monoisotopic (exact) mass is 459 g/mol. The normalized spacial score (nSPS) is 15.8. The fraction of sp³-hybridized carbons (Fsp3) is 0.370. The first-order chi connectivity index (χ1) is 15.9. The maximum Gasteiger partial charge on any atom is 0.161 e. The lowest BCUT2D eigenvalue weighted by molar-refractivity contribution is 0.218. The van der Waals surface area contributed by atoms with Crippen LogP contribution in [-0.2, 0) is 19.4 Å². The first kappa shape index (κ1) is 23.0. The summed E-state index contributed by atoms with van der Waals surface area (Å²) in [6.07, 6.45) is 8.42. The number of nitrogens with zero attached hydrogens (tertiary/aromatic N) is 3. The van der Waals surface area contributed by atoms with Gasteiger partial charge in [-0.05, 0) is 77.6 Å². The van der Waals surface area contributed by atoms with Gasteiger partial charge in [0.25, 0.3) is 0 Å². The van der Waals surface area contributed by atoms with E-state index in [1.165, 1.54) is 10.4 Å². The fourth-order valence-corrected chi connectivity index (χ4v) is 5.40. The molecule has 1 aliphatic rings. The molecule has 0 fully saturated rings. The molecule has 0 saturated heterocycles. The van der Waals surface area contributed by atoms with E-state index in [-0.39, 0.29) is 5.41 Å². The van der Waals surface area contributed by atoms with Crippen molar-refractivity contribution >= 4 is 22.6 Å². The molecule has 4 rings (SSSR count). The Morgan fingerprint density at radius 2 is 2.00 bits per heavy atom. The second-order valence-corrected chi connectivity index (χ2v) is 10.5. The largest absolute Gasteiger partial charge is 0.493 e. The number of benzene rings is 1. The van der Waals surface area contributed by atoms with E-state index in [1.54, 1.807) is 37.1 Å². The van der Waals surface area contributed by atoms with E-state index in [4.69, 9.17) is 14.5 Å². The summed E-state index contributed by atoms with van der Waals surface area (Å²) >= 11 is 1.66. The molecule has 0 bridgehead atoms. The second-order valence-electron chi connectivity index (χ2n) is 9.41. The number of aliphatic imine (C=N–C) groups is 1. The molecule has 2 heterocycles. The first-order valence-corrected chi connectivity index (χ1v) is 12.0. The Hall–Kier alpha value is -3.17. The SMILES string of the molecule is COc1cc(C=Nc2sc3c(c2C#N)CC[C@@H](C(C)(C)C)C3)ccc1OCc1ccncc1. The van der Waals surface area contributed by atoms with Gasteiger partial charge in [0.1, 0.15) is 17.7 Å². The number of fused-ring (bicyclic) bond motifs is 1. The van der Waals surface area contributed by atoms with Gasteiger partial charge in [0.15, 0.2) is 11.5 Å². The van der Waals surface area contributed by atoms with Crippen LogP contribution in [-0.4, -0.2) is 18.3 Å². The molecule has 33 heavy (non-hydrogen) atoms. The van der Waals surface area contributed by atoms with Crippen molar-refractivity contribution in [3.8, 4) is 17.6 Å². The van der Waals surface area contributed by atoms with Crippen LogP contribution in [0.25, 0.3) is 0 Å². The number of hydrogen-bond acceptors (Lipinski definition) is 6. The van der Waals surface area contributed by atoms with Gasteiger partial charge in [-0.3, -0.25) is 4.98 Å². The lowest BCUT2D eigenvalue weighted by atomic mass is 9.72. The van der Waals surface area contributed by atoms with Crippen LogP contribution in [0.5, 0.6) is 11.5 Å². The van der Waals surface area contributed by atoms with Gasteiger partial charge in [-0.1, -0.05) is 20.8 Å². The van der Waals surface area contributed by atoms with E-state index in [9.17, 15) is 5.26 Å². The van der Waals surface area contributed by atoms with E-state index in [1.807, 2.05) is 30.3 Å². The summed E-state index contributed by atoms with van der Waals surface area (Å²) in [4.78, 5) is 10.1. The summed E-state index contributed by atoms with van der Waals surface area (Å²) in [5, 5.41) is 10.6. The van der Waals surface area contributed by atoms with Crippen molar-refractivity contribution in [1.82, 2.24) is 4.98 Å². The van der Waals surface area contributed by atoms with Crippen LogP contribution in [0.15, 0.2) is 47.7 Å². The van der Waals surface area contributed by atoms with Crippen LogP contribution in [0.4, 0.5) is 5.00 Å². The van der Waals surface area contributed by atoms with Crippen LogP contribution in [0.1, 0.15) is 54.3 Å². The van der Waals surface area contributed by atoms with Crippen LogP contribution < -0.4 is 9.47 Å². The molecular formula is C27H29N3O2S. The number of pyridine rings is 1. The van der Waals surface area contributed by atoms with Crippen molar-refractivity contribution in [2.24, 2.45) is 16.3 Å². The minimum atomic E-state index is 0.274. The number of nitriles is 1. The van der Waals surface area contributed by atoms with Crippen LogP contribution >= 0.6 is 11.3 Å². The summed E-state index contributed by atoms with van der Waals surface area (Å²) < 4.78 is 11.5. The Labute approximate surface area is 199 Å². The predicted molar refractivity (Wildman–Crippen MR) is 133 cm³/mol. The molecule has 5 nitrogen and oxygen atoms in total. The lowest BCUT2D eigenvalue weighted by Gasteiger charge is -2.33. The molecule has 0 spiro atoms. The smallest absolute Gasteiger partial charge is 0.161 e. The van der Waals surface area contributed by atoms with E-state index in [0.29, 0.717) is 24.0 Å². The molecule has 1 aromatic carbocycles. The quantitative estimate of drug-likeness (QED) is 0.394. The Kier molecular flexibility index (Phi) is 6.80. The van der Waals surface area contributed by atoms with Crippen molar-refractivity contribution < 1.29 is 9.47 Å². The number of ether oxygens (including phenoxy) is 2. The van der Waals surface area contributed by atoms with Crippen molar-refractivity contribution in [1.29, 1.82) is 5.26 Å². The van der Waals surface area contributed by atoms with Crippen LogP contribution in [0.2, 0.25) is 0 Å². The van der Waals surface area contributed by atoms with Crippen molar-refractivity contribution in [2.45, 2.75) is 46.6 Å². The maximum atomic E-state index is 9.80. The standard InChI is InChI=1S/C27H29N3O2S/c1-27(2,3)20-6-7-21-22(15-28)26(33-25(21)14-20)30-16-19-5-8-23(24(13-19)31-4)32-17-18-9-11-29-12-10-18/h5,8-13,16,20H,6-7,14,17H2,1-4H3/t20-/m1/s1. The van der Waals surface area contributed by atoms with E-state index < -0.39 is 0 Å². The second kappa shape index (κ2) is 9.76. The minimum absolute atomic E-state index is 0.274. The van der Waals surface area contributed by atoms with Gasteiger partial charge in [-0.15, -0.1) is 11.3 Å². The Balaban J connectivity index is 1.52. The van der Waals surface area contributed by atoms with Crippen molar-refractivity contribution in [3.05, 3.63) is 69.9 Å². The van der Waals surface area contributed by atoms with E-state index in [2.05, 4.69) is 31.8 Å². The molecule has 0 saturated carbocycles. The topological polar surface area (TPSA) is 67.5 Å². The Morgan fingerprint density at radius 1 is 1.21 bits per heavy atom. The molecule has 2 aromatic heterocycles. The van der Waals surface area contributed by atoms with Crippen molar-refractivity contribution in [3.63, 3.8) is 0 Å². The highest BCUT2D eigenvalue weighted by Crippen LogP contribution is 2.45. The van der Waals surface area contributed by atoms with Gasteiger partial charge in [0, 0.05) is 23.5 Å². The third kappa shape index (κ3) is 5.26. The first-order valence-electron chi connectivity index (χ1n) is 11.2. The van der Waals surface area contributed by atoms with Gasteiger partial charge in [-0.25, -0.2) is 4.99 Å². The molecule has 170 valence electrons. The third-order valence-electron chi connectivity index (χ3n) is 6.25. The zero-order valence-electron chi connectivity index (χ0n) is 19.6. The molecule has 0 aliphatic heterocycles. The number of methoxy groups -OCH3 is 1. The van der Waals surface area contributed by atoms with Crippen LogP contribution in [0, 0.1) is 22.7 Å². The van der Waals surface area contributed by atoms with Gasteiger partial charge in [0.05, 0.1) is 12.7 Å². The van der Waals surface area contributed by atoms with Crippen LogP contribution in [0.3, 0.4) is 0 Å². The van der Waals surface area contributed by atoms with Gasteiger partial charge in [0.2, 0.25) is 0 Å². The predicted octanol–water partition coefficient (Wildman–Crippen LogP) is 6.50. The summed E-state index contributed by atoms with van der Waals surface area (Å²) in [6, 6.07) is 12.0. The maximum absolute atomic E-state index is 9.80. The molecular weight excluding hydrogens is 430 g/mol. The molecule has 1 atom stereocenters. The number of rotatable bonds is 6. The van der Waals surface area contributed by atoms with E-state index >= 15 is 0 Å². The Morgan fingerprint density at radius 3 is 2.70 bits per heavy atom. The Bertz CT molecular complexity index is 1190. The summed E-state index contributed by atoms with van der Waals surface area (Å²) in [5.74, 6) is 1.95. The molecule has 3 aromatic rings. The highest BCUT2D eigenvalue weighted by atomic mass is 32.1. The molecule has 0 unspecified atom stereocenters. The van der Waals surface area contributed by atoms with Gasteiger partial charge in [-0.2, -0.15) is 5.26 Å². The zero-order valence-corrected chi connectivity index (χ0v) is 20.4. The summed E-state index contributed by atoms with van der Waals surface area (Å²) in [5.41, 5.74) is 4.15. The fourth-order valence-electron chi connectivity index (χ4n) is 4.17. The lowest BCUT2D eigenvalue weighted by Crippen LogP contribution is -2.26. The minimum Gasteiger partial charge on any atom is -0.493 e.